The zero-order valence-corrected chi connectivity index (χ0v) is 13.9. The monoisotopic (exact) mass is 365 g/mol. The first-order valence-corrected chi connectivity index (χ1v) is 9.02. The third kappa shape index (κ3) is 5.12. The number of benzene rings is 2. The predicted molar refractivity (Wildman–Crippen MR) is 88.4 cm³/mol. The molecule has 6 nitrogen and oxygen atoms in total. The minimum absolute atomic E-state index is 0.0820. The van der Waals surface area contributed by atoms with Crippen molar-refractivity contribution >= 4 is 21.7 Å². The summed E-state index contributed by atoms with van der Waals surface area (Å²) >= 11 is 0. The van der Waals surface area contributed by atoms with E-state index in [9.17, 15) is 27.5 Å². The van der Waals surface area contributed by atoms with Gasteiger partial charge < -0.3 is 10.4 Å². The van der Waals surface area contributed by atoms with Gasteiger partial charge in [0.05, 0.1) is 10.6 Å². The van der Waals surface area contributed by atoms with Crippen LogP contribution in [0.15, 0.2) is 59.5 Å². The molecule has 25 heavy (non-hydrogen) atoms. The van der Waals surface area contributed by atoms with Gasteiger partial charge in [-0.05, 0) is 42.8 Å². The molecular formula is C17H16FNO5S. The maximum Gasteiger partial charge on any atom is 0.326 e. The SMILES string of the molecule is O=C(N[C@H](CCS(=O)(=O)c1ccccc1)C(=O)O)c1ccc(F)cc1. The van der Waals surface area contributed by atoms with E-state index in [0.29, 0.717) is 0 Å². The molecule has 132 valence electrons. The van der Waals surface area contributed by atoms with Crippen molar-refractivity contribution in [2.24, 2.45) is 0 Å². The number of halogens is 1. The van der Waals surface area contributed by atoms with Crippen molar-refractivity contribution in [1.82, 2.24) is 5.32 Å². The van der Waals surface area contributed by atoms with Gasteiger partial charge in [0, 0.05) is 5.56 Å². The Labute approximate surface area is 144 Å². The highest BCUT2D eigenvalue weighted by molar-refractivity contribution is 7.91. The predicted octanol–water partition coefficient (Wildman–Crippen LogP) is 1.87. The van der Waals surface area contributed by atoms with Gasteiger partial charge in [-0.15, -0.1) is 0 Å². The van der Waals surface area contributed by atoms with Crippen LogP contribution in [0.25, 0.3) is 0 Å². The first kappa shape index (κ1) is 18.6. The first-order valence-electron chi connectivity index (χ1n) is 7.36. The number of hydrogen-bond acceptors (Lipinski definition) is 4. The summed E-state index contributed by atoms with van der Waals surface area (Å²) in [6.07, 6.45) is -0.292. The Morgan fingerprint density at radius 2 is 1.64 bits per heavy atom. The molecule has 2 aromatic rings. The summed E-state index contributed by atoms with van der Waals surface area (Å²) in [4.78, 5) is 23.4. The summed E-state index contributed by atoms with van der Waals surface area (Å²) in [5.41, 5.74) is 0.0820. The smallest absolute Gasteiger partial charge is 0.326 e. The van der Waals surface area contributed by atoms with Crippen LogP contribution < -0.4 is 5.32 Å². The number of rotatable bonds is 7. The molecule has 0 heterocycles. The molecule has 2 N–H and O–H groups in total. The van der Waals surface area contributed by atoms with Gasteiger partial charge in [0.1, 0.15) is 11.9 Å². The van der Waals surface area contributed by atoms with Crippen LogP contribution in [0.3, 0.4) is 0 Å². The second-order valence-electron chi connectivity index (χ2n) is 5.29. The second kappa shape index (κ2) is 7.89. The summed E-state index contributed by atoms with van der Waals surface area (Å²) < 4.78 is 37.3. The number of amides is 1. The third-order valence-corrected chi connectivity index (χ3v) is 5.25. The van der Waals surface area contributed by atoms with Gasteiger partial charge in [0.25, 0.3) is 5.91 Å². The highest BCUT2D eigenvalue weighted by Gasteiger charge is 2.24. The van der Waals surface area contributed by atoms with E-state index in [-0.39, 0.29) is 16.9 Å². The molecule has 0 unspecified atom stereocenters. The largest absolute Gasteiger partial charge is 0.480 e. The lowest BCUT2D eigenvalue weighted by molar-refractivity contribution is -0.139. The van der Waals surface area contributed by atoms with Crippen LogP contribution in [0, 0.1) is 5.82 Å². The van der Waals surface area contributed by atoms with Gasteiger partial charge in [-0.25, -0.2) is 17.6 Å². The lowest BCUT2D eigenvalue weighted by atomic mass is 10.1. The third-order valence-electron chi connectivity index (χ3n) is 3.49. The Balaban J connectivity index is 2.05. The van der Waals surface area contributed by atoms with Gasteiger partial charge in [-0.1, -0.05) is 18.2 Å². The van der Waals surface area contributed by atoms with Crippen molar-refractivity contribution in [3.8, 4) is 0 Å². The molecule has 0 bridgehead atoms. The van der Waals surface area contributed by atoms with E-state index in [0.717, 1.165) is 12.1 Å². The standard InChI is InChI=1S/C17H16FNO5S/c18-13-8-6-12(7-9-13)16(20)19-15(17(21)22)10-11-25(23,24)14-4-2-1-3-5-14/h1-9,15H,10-11H2,(H,19,20)(H,21,22)/t15-/m1/s1. The number of carboxylic acid groups (broad SMARTS) is 1. The van der Waals surface area contributed by atoms with E-state index in [1.54, 1.807) is 18.2 Å². The highest BCUT2D eigenvalue weighted by Crippen LogP contribution is 2.12. The zero-order chi connectivity index (χ0) is 18.4. The average Bonchev–Trinajstić information content (AvgIpc) is 2.59. The molecule has 0 radical (unpaired) electrons. The van der Waals surface area contributed by atoms with Gasteiger partial charge in [-0.2, -0.15) is 0 Å². The van der Waals surface area contributed by atoms with Crippen LogP contribution >= 0.6 is 0 Å². The summed E-state index contributed by atoms with van der Waals surface area (Å²) in [6.45, 7) is 0. The quantitative estimate of drug-likeness (QED) is 0.780. The molecule has 2 aromatic carbocycles. The van der Waals surface area contributed by atoms with Gasteiger partial charge in [0.2, 0.25) is 0 Å². The lowest BCUT2D eigenvalue weighted by Gasteiger charge is -2.14. The van der Waals surface area contributed by atoms with Crippen LogP contribution in [0.2, 0.25) is 0 Å². The average molecular weight is 365 g/mol. The molecule has 1 amide bonds. The summed E-state index contributed by atoms with van der Waals surface area (Å²) in [6, 6.07) is 10.8. The molecule has 0 aromatic heterocycles. The van der Waals surface area contributed by atoms with Crippen molar-refractivity contribution in [3.63, 3.8) is 0 Å². The molecule has 1 atom stereocenters. The Morgan fingerprint density at radius 1 is 1.04 bits per heavy atom. The van der Waals surface area contributed by atoms with Crippen molar-refractivity contribution < 1.29 is 27.5 Å². The molecule has 2 rings (SSSR count). The number of hydrogen-bond donors (Lipinski definition) is 2. The Kier molecular flexibility index (Phi) is 5.87. The van der Waals surface area contributed by atoms with Crippen molar-refractivity contribution in [2.45, 2.75) is 17.4 Å². The van der Waals surface area contributed by atoms with Crippen molar-refractivity contribution in [3.05, 3.63) is 66.0 Å². The van der Waals surface area contributed by atoms with E-state index in [1.165, 1.54) is 24.3 Å². The number of carbonyl (C=O) groups excluding carboxylic acids is 1. The minimum atomic E-state index is -3.66. The fraction of sp³-hybridized carbons (Fsp3) is 0.176. The summed E-state index contributed by atoms with van der Waals surface area (Å²) in [7, 11) is -3.66. The van der Waals surface area contributed by atoms with E-state index >= 15 is 0 Å². The number of sulfone groups is 1. The maximum atomic E-state index is 12.9. The van der Waals surface area contributed by atoms with Gasteiger partial charge >= 0.3 is 5.97 Å². The molecule has 8 heteroatoms. The highest BCUT2D eigenvalue weighted by atomic mass is 32.2. The molecular weight excluding hydrogens is 349 g/mol. The van der Waals surface area contributed by atoms with Gasteiger partial charge in [-0.3, -0.25) is 4.79 Å². The molecule has 0 saturated carbocycles. The second-order valence-corrected chi connectivity index (χ2v) is 7.40. The number of carboxylic acids is 1. The van der Waals surface area contributed by atoms with Crippen LogP contribution in [0.1, 0.15) is 16.8 Å². The molecule has 0 saturated heterocycles. The minimum Gasteiger partial charge on any atom is -0.480 e. The summed E-state index contributed by atoms with van der Waals surface area (Å²) in [5.74, 6) is -3.03. The molecule has 0 fully saturated rings. The first-order chi connectivity index (χ1) is 11.8. The van der Waals surface area contributed by atoms with E-state index in [2.05, 4.69) is 5.32 Å². The fourth-order valence-electron chi connectivity index (χ4n) is 2.12. The number of nitrogens with one attached hydrogen (secondary N) is 1. The topological polar surface area (TPSA) is 101 Å². The molecule has 0 aliphatic carbocycles. The van der Waals surface area contributed by atoms with E-state index in [4.69, 9.17) is 0 Å². The molecule has 0 spiro atoms. The Morgan fingerprint density at radius 3 is 2.20 bits per heavy atom. The zero-order valence-electron chi connectivity index (χ0n) is 13.1. The fourth-order valence-corrected chi connectivity index (χ4v) is 3.47. The maximum absolute atomic E-state index is 12.9. The molecule has 0 aliphatic rings. The van der Waals surface area contributed by atoms with Crippen LogP contribution in [-0.4, -0.2) is 37.2 Å². The Hall–Kier alpha value is -2.74. The lowest BCUT2D eigenvalue weighted by Crippen LogP contribution is -2.41. The summed E-state index contributed by atoms with van der Waals surface area (Å²) in [5, 5.41) is 11.5. The Bertz CT molecular complexity index is 850. The number of aliphatic carboxylic acids is 1. The van der Waals surface area contributed by atoms with Crippen molar-refractivity contribution in [2.75, 3.05) is 5.75 Å². The molecule has 0 aliphatic heterocycles. The normalized spacial score (nSPS) is 12.4. The van der Waals surface area contributed by atoms with Gasteiger partial charge in [0.15, 0.2) is 9.84 Å². The van der Waals surface area contributed by atoms with Crippen LogP contribution in [-0.2, 0) is 14.6 Å². The van der Waals surface area contributed by atoms with Crippen molar-refractivity contribution in [1.29, 1.82) is 0 Å². The van der Waals surface area contributed by atoms with Crippen LogP contribution in [0.4, 0.5) is 4.39 Å². The number of carbonyl (C=O) groups is 2. The van der Waals surface area contributed by atoms with Crippen LogP contribution in [0.5, 0.6) is 0 Å². The van der Waals surface area contributed by atoms with E-state index in [1.807, 2.05) is 0 Å². The van der Waals surface area contributed by atoms with E-state index < -0.39 is 39.3 Å².